The number of aromatic nitrogens is 1. The minimum Gasteiger partial charge on any atom is -0.477 e. The third-order valence-corrected chi connectivity index (χ3v) is 3.63. The zero-order valence-electron chi connectivity index (χ0n) is 13.4. The number of ether oxygens (including phenoxy) is 1. The zero-order chi connectivity index (χ0) is 16.9. The molecule has 24 heavy (non-hydrogen) atoms. The SMILES string of the molecule is CCOc1ncccc1C(=O)Nc1cccc(NC(=O)C2CC2)c1. The number of anilines is 2. The third kappa shape index (κ3) is 3.90. The molecule has 0 unspecified atom stereocenters. The highest BCUT2D eigenvalue weighted by Crippen LogP contribution is 2.30. The van der Waals surface area contributed by atoms with Crippen molar-refractivity contribution >= 4 is 23.2 Å². The normalized spacial score (nSPS) is 13.2. The highest BCUT2D eigenvalue weighted by molar-refractivity contribution is 6.06. The Kier molecular flexibility index (Phi) is 4.74. The number of nitrogens with one attached hydrogen (secondary N) is 2. The van der Waals surface area contributed by atoms with Crippen LogP contribution >= 0.6 is 0 Å². The van der Waals surface area contributed by atoms with Crippen molar-refractivity contribution in [2.75, 3.05) is 17.2 Å². The quantitative estimate of drug-likeness (QED) is 0.855. The highest BCUT2D eigenvalue weighted by Gasteiger charge is 2.29. The summed E-state index contributed by atoms with van der Waals surface area (Å²) in [5.74, 6) is 0.157. The number of amides is 2. The number of rotatable bonds is 6. The molecule has 1 fully saturated rings. The average molecular weight is 325 g/mol. The summed E-state index contributed by atoms with van der Waals surface area (Å²) in [7, 11) is 0. The van der Waals surface area contributed by atoms with Crippen molar-refractivity contribution < 1.29 is 14.3 Å². The Morgan fingerprint density at radius 2 is 1.92 bits per heavy atom. The van der Waals surface area contributed by atoms with Crippen molar-refractivity contribution in [1.82, 2.24) is 4.98 Å². The van der Waals surface area contributed by atoms with Crippen LogP contribution in [0.25, 0.3) is 0 Å². The fraction of sp³-hybridized carbons (Fsp3) is 0.278. The van der Waals surface area contributed by atoms with Crippen LogP contribution in [0.5, 0.6) is 5.88 Å². The van der Waals surface area contributed by atoms with Crippen molar-refractivity contribution in [3.63, 3.8) is 0 Å². The van der Waals surface area contributed by atoms with E-state index in [1.165, 1.54) is 0 Å². The van der Waals surface area contributed by atoms with E-state index in [9.17, 15) is 9.59 Å². The Morgan fingerprint density at radius 1 is 1.17 bits per heavy atom. The van der Waals surface area contributed by atoms with Crippen LogP contribution in [0, 0.1) is 5.92 Å². The molecule has 1 aromatic carbocycles. The van der Waals surface area contributed by atoms with Gasteiger partial charge in [0.05, 0.1) is 6.61 Å². The molecule has 2 amide bonds. The molecule has 2 aromatic rings. The summed E-state index contributed by atoms with van der Waals surface area (Å²) in [5, 5.41) is 5.67. The van der Waals surface area contributed by atoms with Crippen molar-refractivity contribution in [3.05, 3.63) is 48.2 Å². The van der Waals surface area contributed by atoms with Gasteiger partial charge < -0.3 is 15.4 Å². The summed E-state index contributed by atoms with van der Waals surface area (Å²) in [4.78, 5) is 28.3. The maximum absolute atomic E-state index is 12.4. The van der Waals surface area contributed by atoms with Crippen molar-refractivity contribution in [3.8, 4) is 5.88 Å². The predicted molar refractivity (Wildman–Crippen MR) is 91.2 cm³/mol. The lowest BCUT2D eigenvalue weighted by atomic mass is 10.2. The van der Waals surface area contributed by atoms with Gasteiger partial charge >= 0.3 is 0 Å². The van der Waals surface area contributed by atoms with E-state index in [-0.39, 0.29) is 17.7 Å². The van der Waals surface area contributed by atoms with E-state index >= 15 is 0 Å². The van der Waals surface area contributed by atoms with E-state index in [1.54, 1.807) is 42.6 Å². The van der Waals surface area contributed by atoms with Crippen LogP contribution in [0.1, 0.15) is 30.1 Å². The first-order valence-corrected chi connectivity index (χ1v) is 7.97. The highest BCUT2D eigenvalue weighted by atomic mass is 16.5. The molecule has 124 valence electrons. The van der Waals surface area contributed by atoms with Gasteiger partial charge in [0.2, 0.25) is 11.8 Å². The largest absolute Gasteiger partial charge is 0.477 e. The predicted octanol–water partition coefficient (Wildman–Crippen LogP) is 3.08. The lowest BCUT2D eigenvalue weighted by molar-refractivity contribution is -0.117. The molecule has 1 aliphatic rings. The van der Waals surface area contributed by atoms with Gasteiger partial charge in [0.15, 0.2) is 0 Å². The van der Waals surface area contributed by atoms with Crippen LogP contribution in [0.3, 0.4) is 0 Å². The van der Waals surface area contributed by atoms with Gasteiger partial charge in [0.25, 0.3) is 5.91 Å². The van der Waals surface area contributed by atoms with E-state index in [1.807, 2.05) is 6.92 Å². The number of nitrogens with zero attached hydrogens (tertiary/aromatic N) is 1. The van der Waals surface area contributed by atoms with Gasteiger partial charge in [-0.05, 0) is 50.1 Å². The van der Waals surface area contributed by atoms with Gasteiger partial charge in [-0.3, -0.25) is 9.59 Å². The second-order valence-corrected chi connectivity index (χ2v) is 5.59. The molecule has 2 N–H and O–H groups in total. The first-order chi connectivity index (χ1) is 11.7. The summed E-state index contributed by atoms with van der Waals surface area (Å²) in [6.45, 7) is 2.27. The molecular formula is C18H19N3O3. The molecule has 0 atom stereocenters. The molecule has 1 saturated carbocycles. The summed E-state index contributed by atoms with van der Waals surface area (Å²) < 4.78 is 5.38. The second-order valence-electron chi connectivity index (χ2n) is 5.59. The number of benzene rings is 1. The Balaban J connectivity index is 1.71. The van der Waals surface area contributed by atoms with Crippen molar-refractivity contribution in [2.24, 2.45) is 5.92 Å². The zero-order valence-corrected chi connectivity index (χ0v) is 13.4. The average Bonchev–Trinajstić information content (AvgIpc) is 3.41. The second kappa shape index (κ2) is 7.12. The Labute approximate surface area is 140 Å². The van der Waals surface area contributed by atoms with E-state index in [0.717, 1.165) is 12.8 Å². The number of hydrogen-bond acceptors (Lipinski definition) is 4. The summed E-state index contributed by atoms with van der Waals surface area (Å²) in [5.41, 5.74) is 1.63. The monoisotopic (exact) mass is 325 g/mol. The Hall–Kier alpha value is -2.89. The topological polar surface area (TPSA) is 80.3 Å². The minimum atomic E-state index is -0.308. The van der Waals surface area contributed by atoms with Gasteiger partial charge in [-0.1, -0.05) is 6.07 Å². The number of carbonyl (C=O) groups is 2. The van der Waals surface area contributed by atoms with Gasteiger partial charge in [-0.2, -0.15) is 0 Å². The van der Waals surface area contributed by atoms with Crippen molar-refractivity contribution in [1.29, 1.82) is 0 Å². The van der Waals surface area contributed by atoms with Crippen LogP contribution in [0.4, 0.5) is 11.4 Å². The molecule has 0 aliphatic heterocycles. The van der Waals surface area contributed by atoms with E-state index in [2.05, 4.69) is 15.6 Å². The molecule has 0 bridgehead atoms. The van der Waals surface area contributed by atoms with Gasteiger partial charge in [-0.15, -0.1) is 0 Å². The summed E-state index contributed by atoms with van der Waals surface area (Å²) >= 11 is 0. The molecule has 3 rings (SSSR count). The fourth-order valence-corrected chi connectivity index (χ4v) is 2.28. The molecule has 6 nitrogen and oxygen atoms in total. The van der Waals surface area contributed by atoms with Crippen LogP contribution in [0.15, 0.2) is 42.6 Å². The van der Waals surface area contributed by atoms with Crippen LogP contribution in [-0.4, -0.2) is 23.4 Å². The van der Waals surface area contributed by atoms with E-state index in [0.29, 0.717) is 29.4 Å². The summed E-state index contributed by atoms with van der Waals surface area (Å²) in [6, 6.07) is 10.4. The molecule has 0 spiro atoms. The molecule has 1 aromatic heterocycles. The Morgan fingerprint density at radius 3 is 2.62 bits per heavy atom. The molecular weight excluding hydrogens is 306 g/mol. The smallest absolute Gasteiger partial charge is 0.261 e. The van der Waals surface area contributed by atoms with E-state index in [4.69, 9.17) is 4.74 Å². The summed E-state index contributed by atoms with van der Waals surface area (Å²) in [6.07, 6.45) is 3.47. The third-order valence-electron chi connectivity index (χ3n) is 3.63. The molecule has 6 heteroatoms. The van der Waals surface area contributed by atoms with E-state index < -0.39 is 0 Å². The first-order valence-electron chi connectivity index (χ1n) is 7.97. The van der Waals surface area contributed by atoms with Crippen LogP contribution in [-0.2, 0) is 4.79 Å². The minimum absolute atomic E-state index is 0.0318. The lowest BCUT2D eigenvalue weighted by Crippen LogP contribution is -2.15. The van der Waals surface area contributed by atoms with Crippen LogP contribution < -0.4 is 15.4 Å². The molecule has 0 radical (unpaired) electrons. The molecule has 0 saturated heterocycles. The Bertz CT molecular complexity index is 757. The number of pyridine rings is 1. The maximum atomic E-state index is 12.4. The van der Waals surface area contributed by atoms with Crippen LogP contribution in [0.2, 0.25) is 0 Å². The standard InChI is InChI=1S/C18H19N3O3/c1-2-24-18-15(7-4-10-19-18)17(23)21-14-6-3-5-13(11-14)20-16(22)12-8-9-12/h3-7,10-12H,2,8-9H2,1H3,(H,20,22)(H,21,23). The van der Waals surface area contributed by atoms with Gasteiger partial charge in [0.1, 0.15) is 5.56 Å². The van der Waals surface area contributed by atoms with Gasteiger partial charge in [-0.25, -0.2) is 4.98 Å². The molecule has 1 heterocycles. The lowest BCUT2D eigenvalue weighted by Gasteiger charge is -2.11. The van der Waals surface area contributed by atoms with Crippen molar-refractivity contribution in [2.45, 2.75) is 19.8 Å². The fourth-order valence-electron chi connectivity index (χ4n) is 2.28. The molecule has 1 aliphatic carbocycles. The number of carbonyl (C=O) groups excluding carboxylic acids is 2. The first kappa shape index (κ1) is 16.0. The maximum Gasteiger partial charge on any atom is 0.261 e. The number of hydrogen-bond donors (Lipinski definition) is 2. The van der Waals surface area contributed by atoms with Gasteiger partial charge in [0, 0.05) is 23.5 Å².